The van der Waals surface area contributed by atoms with E-state index >= 15 is 0 Å². The Hall–Kier alpha value is -1.64. The third kappa shape index (κ3) is 1.27. The fourth-order valence-corrected chi connectivity index (χ4v) is 2.52. The largest absolute Gasteiger partial charge is 0.327 e. The smallest absolute Gasteiger partial charge is 0.231 e. The topological polar surface area (TPSA) is 41.5 Å². The van der Waals surface area contributed by atoms with Crippen LogP contribution in [0.1, 0.15) is 6.42 Å². The zero-order valence-corrected chi connectivity index (χ0v) is 8.26. The molecule has 3 heteroatoms. The molecule has 0 radical (unpaired) electrons. The number of fused-ring (bicyclic) bond motifs is 3. The van der Waals surface area contributed by atoms with Crippen molar-refractivity contribution >= 4 is 12.1 Å². The molecular formula is C12H12N2O. The van der Waals surface area contributed by atoms with Gasteiger partial charge in [0.15, 0.2) is 0 Å². The van der Waals surface area contributed by atoms with E-state index in [0.29, 0.717) is 11.8 Å². The molecular weight excluding hydrogens is 188 g/mol. The fraction of sp³-hybridized carbons (Fsp3) is 0.333. The SMILES string of the molecule is O=C1NC2=CN=CCC2C2C=CC=CC12. The molecule has 76 valence electrons. The van der Waals surface area contributed by atoms with Gasteiger partial charge in [-0.15, -0.1) is 0 Å². The Morgan fingerprint density at radius 2 is 2.20 bits per heavy atom. The molecule has 3 aliphatic rings. The Morgan fingerprint density at radius 3 is 3.13 bits per heavy atom. The van der Waals surface area contributed by atoms with Gasteiger partial charge in [0.1, 0.15) is 0 Å². The Bertz CT molecular complexity index is 417. The van der Waals surface area contributed by atoms with Gasteiger partial charge in [-0.1, -0.05) is 24.3 Å². The van der Waals surface area contributed by atoms with Crippen molar-refractivity contribution in [3.8, 4) is 0 Å². The molecule has 0 aromatic heterocycles. The first-order chi connectivity index (χ1) is 7.36. The van der Waals surface area contributed by atoms with Crippen molar-refractivity contribution < 1.29 is 4.79 Å². The van der Waals surface area contributed by atoms with Crippen LogP contribution in [0.5, 0.6) is 0 Å². The molecule has 0 bridgehead atoms. The van der Waals surface area contributed by atoms with Crippen LogP contribution in [-0.2, 0) is 4.79 Å². The van der Waals surface area contributed by atoms with E-state index in [1.165, 1.54) is 0 Å². The average Bonchev–Trinajstić information content (AvgIpc) is 2.30. The number of hydrogen-bond acceptors (Lipinski definition) is 2. The van der Waals surface area contributed by atoms with Gasteiger partial charge in [0.2, 0.25) is 5.91 Å². The first kappa shape index (κ1) is 8.65. The maximum atomic E-state index is 11.8. The minimum absolute atomic E-state index is 0.00338. The predicted molar refractivity (Wildman–Crippen MR) is 58.1 cm³/mol. The van der Waals surface area contributed by atoms with Crippen molar-refractivity contribution in [2.45, 2.75) is 6.42 Å². The highest BCUT2D eigenvalue weighted by atomic mass is 16.2. The standard InChI is InChI=1S/C12H12N2O/c15-12-10-4-2-1-3-8(10)9-5-6-13-7-11(9)14-12/h1-4,6-10H,5H2,(H,14,15). The van der Waals surface area contributed by atoms with Crippen molar-refractivity contribution in [2.75, 3.05) is 0 Å². The number of allylic oxidation sites excluding steroid dienone is 4. The number of aliphatic imine (C=N–C) groups is 1. The minimum Gasteiger partial charge on any atom is -0.327 e. The predicted octanol–water partition coefficient (Wildman–Crippen LogP) is 1.41. The maximum absolute atomic E-state index is 11.8. The summed E-state index contributed by atoms with van der Waals surface area (Å²) in [4.78, 5) is 15.9. The first-order valence-corrected chi connectivity index (χ1v) is 5.24. The molecule has 3 atom stereocenters. The number of nitrogens with zero attached hydrogens (tertiary/aromatic N) is 1. The second-order valence-electron chi connectivity index (χ2n) is 4.12. The lowest BCUT2D eigenvalue weighted by Gasteiger charge is -2.38. The summed E-state index contributed by atoms with van der Waals surface area (Å²) in [6.45, 7) is 0. The zero-order valence-electron chi connectivity index (χ0n) is 8.26. The second-order valence-corrected chi connectivity index (χ2v) is 4.12. The summed E-state index contributed by atoms with van der Waals surface area (Å²) in [5.41, 5.74) is 0.976. The third-order valence-corrected chi connectivity index (χ3v) is 3.29. The van der Waals surface area contributed by atoms with Gasteiger partial charge in [0, 0.05) is 29.9 Å². The third-order valence-electron chi connectivity index (χ3n) is 3.29. The van der Waals surface area contributed by atoms with Gasteiger partial charge in [0.05, 0.1) is 5.92 Å². The summed E-state index contributed by atoms with van der Waals surface area (Å²) >= 11 is 0. The molecule has 3 rings (SSSR count). The molecule has 0 aromatic carbocycles. The molecule has 1 amide bonds. The van der Waals surface area contributed by atoms with E-state index in [1.54, 1.807) is 6.20 Å². The van der Waals surface area contributed by atoms with E-state index in [0.717, 1.165) is 12.1 Å². The van der Waals surface area contributed by atoms with Gasteiger partial charge in [0.25, 0.3) is 0 Å². The van der Waals surface area contributed by atoms with Gasteiger partial charge in [-0.05, 0) is 6.42 Å². The van der Waals surface area contributed by atoms with Crippen LogP contribution in [0.4, 0.5) is 0 Å². The number of amides is 1. The Labute approximate surface area is 88.3 Å². The molecule has 1 aliphatic carbocycles. The van der Waals surface area contributed by atoms with E-state index in [2.05, 4.69) is 16.4 Å². The monoisotopic (exact) mass is 200 g/mol. The molecule has 0 saturated carbocycles. The molecule has 1 fully saturated rings. The quantitative estimate of drug-likeness (QED) is 0.631. The molecule has 3 nitrogen and oxygen atoms in total. The summed E-state index contributed by atoms with van der Waals surface area (Å²) in [6.07, 6.45) is 12.7. The van der Waals surface area contributed by atoms with Crippen LogP contribution in [0, 0.1) is 17.8 Å². The molecule has 15 heavy (non-hydrogen) atoms. The van der Waals surface area contributed by atoms with Crippen LogP contribution in [0.2, 0.25) is 0 Å². The van der Waals surface area contributed by atoms with Gasteiger partial charge >= 0.3 is 0 Å². The van der Waals surface area contributed by atoms with E-state index in [9.17, 15) is 4.79 Å². The normalized spacial score (nSPS) is 36.7. The highest BCUT2D eigenvalue weighted by molar-refractivity contribution is 5.85. The summed E-state index contributed by atoms with van der Waals surface area (Å²) in [6, 6.07) is 0. The summed E-state index contributed by atoms with van der Waals surface area (Å²) < 4.78 is 0. The second kappa shape index (κ2) is 3.19. The lowest BCUT2D eigenvalue weighted by molar-refractivity contribution is -0.126. The summed E-state index contributed by atoms with van der Waals surface area (Å²) in [5.74, 6) is 0.803. The number of piperidine rings is 1. The fourth-order valence-electron chi connectivity index (χ4n) is 2.52. The molecule has 1 N–H and O–H groups in total. The average molecular weight is 200 g/mol. The number of carbonyl (C=O) groups excluding carboxylic acids is 1. The van der Waals surface area contributed by atoms with Gasteiger partial charge in [-0.25, -0.2) is 0 Å². The van der Waals surface area contributed by atoms with E-state index in [-0.39, 0.29) is 11.8 Å². The maximum Gasteiger partial charge on any atom is 0.231 e. The van der Waals surface area contributed by atoms with Crippen molar-refractivity contribution in [3.05, 3.63) is 36.2 Å². The van der Waals surface area contributed by atoms with Crippen molar-refractivity contribution in [1.82, 2.24) is 5.32 Å². The molecule has 0 aromatic rings. The van der Waals surface area contributed by atoms with Crippen molar-refractivity contribution in [1.29, 1.82) is 0 Å². The first-order valence-electron chi connectivity index (χ1n) is 5.24. The van der Waals surface area contributed by atoms with Crippen LogP contribution in [0.15, 0.2) is 41.2 Å². The zero-order chi connectivity index (χ0) is 10.3. The van der Waals surface area contributed by atoms with Crippen LogP contribution in [-0.4, -0.2) is 12.1 Å². The molecule has 2 aliphatic heterocycles. The molecule has 0 spiro atoms. The van der Waals surface area contributed by atoms with Gasteiger partial charge < -0.3 is 5.32 Å². The highest BCUT2D eigenvalue weighted by Gasteiger charge is 2.39. The lowest BCUT2D eigenvalue weighted by Crippen LogP contribution is -2.46. The van der Waals surface area contributed by atoms with Crippen molar-refractivity contribution in [2.24, 2.45) is 22.7 Å². The number of rotatable bonds is 0. The number of carbonyl (C=O) groups is 1. The number of nitrogens with one attached hydrogen (secondary N) is 1. The summed E-state index contributed by atoms with van der Waals surface area (Å²) in [7, 11) is 0. The van der Waals surface area contributed by atoms with E-state index in [1.807, 2.05) is 24.4 Å². The van der Waals surface area contributed by atoms with E-state index < -0.39 is 0 Å². The van der Waals surface area contributed by atoms with Crippen molar-refractivity contribution in [3.63, 3.8) is 0 Å². The highest BCUT2D eigenvalue weighted by Crippen LogP contribution is 2.37. The Kier molecular flexibility index (Phi) is 1.84. The van der Waals surface area contributed by atoms with Crippen LogP contribution in [0.25, 0.3) is 0 Å². The Balaban J connectivity index is 1.99. The van der Waals surface area contributed by atoms with Gasteiger partial charge in [-0.2, -0.15) is 0 Å². The summed E-state index contributed by atoms with van der Waals surface area (Å²) in [5, 5.41) is 2.94. The van der Waals surface area contributed by atoms with E-state index in [4.69, 9.17) is 0 Å². The molecule has 3 unspecified atom stereocenters. The van der Waals surface area contributed by atoms with Gasteiger partial charge in [-0.3, -0.25) is 9.79 Å². The molecule has 1 saturated heterocycles. The Morgan fingerprint density at radius 1 is 1.33 bits per heavy atom. The van der Waals surface area contributed by atoms with Crippen LogP contribution < -0.4 is 5.32 Å². The minimum atomic E-state index is 0.00338. The molecule has 2 heterocycles. The lowest BCUT2D eigenvalue weighted by atomic mass is 9.72. The van der Waals surface area contributed by atoms with Crippen LogP contribution >= 0.6 is 0 Å². The van der Waals surface area contributed by atoms with Crippen LogP contribution in [0.3, 0.4) is 0 Å². The number of hydrogen-bond donors (Lipinski definition) is 1.